The van der Waals surface area contributed by atoms with E-state index in [1.165, 1.54) is 24.3 Å². The molecule has 0 saturated heterocycles. The van der Waals surface area contributed by atoms with Crippen molar-refractivity contribution in [2.45, 2.75) is 13.0 Å². The second kappa shape index (κ2) is 8.62. The van der Waals surface area contributed by atoms with Crippen LogP contribution in [0.1, 0.15) is 15.9 Å². The molecular formula is C23H18F3N3O3. The van der Waals surface area contributed by atoms with Gasteiger partial charge in [-0.3, -0.25) is 9.36 Å². The average Bonchev–Trinajstić information content (AvgIpc) is 3.20. The first-order valence-corrected chi connectivity index (χ1v) is 9.59. The van der Waals surface area contributed by atoms with Gasteiger partial charge in [-0.1, -0.05) is 18.2 Å². The van der Waals surface area contributed by atoms with Crippen molar-refractivity contribution < 1.29 is 27.4 Å². The molecule has 4 aromatic rings. The van der Waals surface area contributed by atoms with Gasteiger partial charge >= 0.3 is 6.36 Å². The summed E-state index contributed by atoms with van der Waals surface area (Å²) in [7, 11) is 1.57. The standard InChI is InChI=1S/C23H18F3N3O3/c1-27-22(30)16-7-10-21-20(11-16)28-14-29(21)17-3-2-4-19(12-17)31-13-15-5-8-18(9-6-15)32-23(24,25)26/h2-12,14H,13H2,1H3,(H,27,30). The Kier molecular flexibility index (Phi) is 5.72. The Balaban J connectivity index is 1.49. The number of nitrogens with one attached hydrogen (secondary N) is 1. The molecule has 1 aromatic heterocycles. The molecular weight excluding hydrogens is 423 g/mol. The number of alkyl halides is 3. The van der Waals surface area contributed by atoms with E-state index >= 15 is 0 Å². The third-order valence-corrected chi connectivity index (χ3v) is 4.69. The summed E-state index contributed by atoms with van der Waals surface area (Å²) in [6.45, 7) is 0.177. The first-order chi connectivity index (χ1) is 15.3. The summed E-state index contributed by atoms with van der Waals surface area (Å²) in [6, 6.07) is 18.1. The highest BCUT2D eigenvalue weighted by Gasteiger charge is 2.30. The molecule has 0 aliphatic heterocycles. The number of rotatable bonds is 6. The summed E-state index contributed by atoms with van der Waals surface area (Å²) in [4.78, 5) is 16.2. The predicted molar refractivity (Wildman–Crippen MR) is 112 cm³/mol. The number of ether oxygens (including phenoxy) is 2. The number of fused-ring (bicyclic) bond motifs is 1. The molecule has 164 valence electrons. The van der Waals surface area contributed by atoms with Crippen LogP contribution in [-0.2, 0) is 6.61 Å². The topological polar surface area (TPSA) is 65.4 Å². The van der Waals surface area contributed by atoms with Crippen LogP contribution >= 0.6 is 0 Å². The van der Waals surface area contributed by atoms with Gasteiger partial charge in [-0.25, -0.2) is 4.98 Å². The number of benzene rings is 3. The minimum Gasteiger partial charge on any atom is -0.489 e. The zero-order valence-corrected chi connectivity index (χ0v) is 16.9. The maximum atomic E-state index is 12.3. The van der Waals surface area contributed by atoms with Crippen molar-refractivity contribution in [3.8, 4) is 17.2 Å². The fourth-order valence-corrected chi connectivity index (χ4v) is 3.18. The van der Waals surface area contributed by atoms with E-state index in [9.17, 15) is 18.0 Å². The number of carbonyl (C=O) groups excluding carboxylic acids is 1. The van der Waals surface area contributed by atoms with E-state index in [4.69, 9.17) is 4.74 Å². The molecule has 1 heterocycles. The molecule has 6 nitrogen and oxygen atoms in total. The Hall–Kier alpha value is -4.01. The van der Waals surface area contributed by atoms with Crippen molar-refractivity contribution in [3.63, 3.8) is 0 Å². The molecule has 32 heavy (non-hydrogen) atoms. The van der Waals surface area contributed by atoms with Gasteiger partial charge in [0.15, 0.2) is 0 Å². The van der Waals surface area contributed by atoms with Crippen LogP contribution < -0.4 is 14.8 Å². The average molecular weight is 441 g/mol. The molecule has 1 amide bonds. The fraction of sp³-hybridized carbons (Fsp3) is 0.130. The first-order valence-electron chi connectivity index (χ1n) is 9.59. The van der Waals surface area contributed by atoms with Crippen molar-refractivity contribution in [3.05, 3.63) is 84.2 Å². The van der Waals surface area contributed by atoms with Gasteiger partial charge in [0, 0.05) is 18.7 Å². The van der Waals surface area contributed by atoms with E-state index in [0.717, 1.165) is 11.2 Å². The molecule has 0 bridgehead atoms. The monoisotopic (exact) mass is 441 g/mol. The summed E-state index contributed by atoms with van der Waals surface area (Å²) in [5.74, 6) is 0.117. The Morgan fingerprint density at radius 3 is 2.53 bits per heavy atom. The van der Waals surface area contributed by atoms with Gasteiger partial charge in [0.25, 0.3) is 5.91 Å². The SMILES string of the molecule is CNC(=O)c1ccc2c(c1)ncn2-c1cccc(OCc2ccc(OC(F)(F)F)cc2)c1. The van der Waals surface area contributed by atoms with Crippen LogP contribution in [0.3, 0.4) is 0 Å². The van der Waals surface area contributed by atoms with E-state index in [-0.39, 0.29) is 18.3 Å². The van der Waals surface area contributed by atoms with Crippen molar-refractivity contribution in [2.24, 2.45) is 0 Å². The number of nitrogens with zero attached hydrogens (tertiary/aromatic N) is 2. The Bertz CT molecular complexity index is 1250. The van der Waals surface area contributed by atoms with Gasteiger partial charge < -0.3 is 14.8 Å². The Morgan fingerprint density at radius 1 is 1.03 bits per heavy atom. The highest BCUT2D eigenvalue weighted by molar-refractivity contribution is 5.97. The lowest BCUT2D eigenvalue weighted by atomic mass is 10.2. The lowest BCUT2D eigenvalue weighted by Crippen LogP contribution is -2.17. The zero-order chi connectivity index (χ0) is 22.7. The lowest BCUT2D eigenvalue weighted by Gasteiger charge is -2.11. The van der Waals surface area contributed by atoms with E-state index in [1.54, 1.807) is 31.6 Å². The molecule has 9 heteroatoms. The number of amides is 1. The van der Waals surface area contributed by atoms with Crippen LogP contribution in [0.25, 0.3) is 16.7 Å². The van der Waals surface area contributed by atoms with Crippen LogP contribution in [0, 0.1) is 0 Å². The Labute approximate surface area is 181 Å². The van der Waals surface area contributed by atoms with Gasteiger partial charge in [0.2, 0.25) is 0 Å². The minimum absolute atomic E-state index is 0.177. The molecule has 0 radical (unpaired) electrons. The Morgan fingerprint density at radius 2 is 1.81 bits per heavy atom. The highest BCUT2D eigenvalue weighted by atomic mass is 19.4. The van der Waals surface area contributed by atoms with Crippen LogP contribution in [0.4, 0.5) is 13.2 Å². The first kappa shape index (κ1) is 21.2. The number of hydrogen-bond donors (Lipinski definition) is 1. The number of carbonyl (C=O) groups is 1. The molecule has 1 N–H and O–H groups in total. The molecule has 0 saturated carbocycles. The van der Waals surface area contributed by atoms with Crippen LogP contribution in [0.2, 0.25) is 0 Å². The highest BCUT2D eigenvalue weighted by Crippen LogP contribution is 2.25. The maximum Gasteiger partial charge on any atom is 0.573 e. The third-order valence-electron chi connectivity index (χ3n) is 4.69. The van der Waals surface area contributed by atoms with Crippen molar-refractivity contribution >= 4 is 16.9 Å². The predicted octanol–water partition coefficient (Wildman–Crippen LogP) is 4.86. The van der Waals surface area contributed by atoms with Gasteiger partial charge in [-0.05, 0) is 48.0 Å². The molecule has 0 atom stereocenters. The zero-order valence-electron chi connectivity index (χ0n) is 16.9. The fourth-order valence-electron chi connectivity index (χ4n) is 3.18. The number of hydrogen-bond acceptors (Lipinski definition) is 4. The molecule has 0 fully saturated rings. The third kappa shape index (κ3) is 4.83. The van der Waals surface area contributed by atoms with Crippen molar-refractivity contribution in [1.29, 1.82) is 0 Å². The normalized spacial score (nSPS) is 11.4. The largest absolute Gasteiger partial charge is 0.573 e. The minimum atomic E-state index is -4.72. The molecule has 0 unspecified atom stereocenters. The summed E-state index contributed by atoms with van der Waals surface area (Å²) < 4.78 is 48.3. The number of aromatic nitrogens is 2. The second-order valence-electron chi connectivity index (χ2n) is 6.87. The van der Waals surface area contributed by atoms with E-state index in [0.29, 0.717) is 22.4 Å². The summed E-state index contributed by atoms with van der Waals surface area (Å²) >= 11 is 0. The second-order valence-corrected chi connectivity index (χ2v) is 6.87. The van der Waals surface area contributed by atoms with E-state index in [2.05, 4.69) is 15.0 Å². The van der Waals surface area contributed by atoms with Crippen LogP contribution in [-0.4, -0.2) is 28.9 Å². The number of halogens is 3. The summed E-state index contributed by atoms with van der Waals surface area (Å²) in [5.41, 5.74) is 3.54. The molecule has 0 aliphatic carbocycles. The van der Waals surface area contributed by atoms with E-state index < -0.39 is 6.36 Å². The quantitative estimate of drug-likeness (QED) is 0.464. The van der Waals surface area contributed by atoms with Gasteiger partial charge in [-0.15, -0.1) is 13.2 Å². The van der Waals surface area contributed by atoms with Crippen LogP contribution in [0.15, 0.2) is 73.1 Å². The molecule has 3 aromatic carbocycles. The van der Waals surface area contributed by atoms with Gasteiger partial charge in [0.05, 0.1) is 16.7 Å². The van der Waals surface area contributed by atoms with Gasteiger partial charge in [-0.2, -0.15) is 0 Å². The van der Waals surface area contributed by atoms with Crippen molar-refractivity contribution in [1.82, 2.24) is 14.9 Å². The molecule has 0 spiro atoms. The van der Waals surface area contributed by atoms with Gasteiger partial charge in [0.1, 0.15) is 24.4 Å². The maximum absolute atomic E-state index is 12.3. The lowest BCUT2D eigenvalue weighted by molar-refractivity contribution is -0.274. The molecule has 0 aliphatic rings. The number of imidazole rings is 1. The van der Waals surface area contributed by atoms with E-state index in [1.807, 2.05) is 28.8 Å². The molecule has 4 rings (SSSR count). The summed E-state index contributed by atoms with van der Waals surface area (Å²) in [6.07, 6.45) is -3.06. The smallest absolute Gasteiger partial charge is 0.489 e. The van der Waals surface area contributed by atoms with Crippen molar-refractivity contribution in [2.75, 3.05) is 7.05 Å². The summed E-state index contributed by atoms with van der Waals surface area (Å²) in [5, 5.41) is 2.59. The van der Waals surface area contributed by atoms with Crippen LogP contribution in [0.5, 0.6) is 11.5 Å².